The Morgan fingerprint density at radius 2 is 1.74 bits per heavy atom. The first-order chi connectivity index (χ1) is 11.1. The molecule has 2 N–H and O–H groups in total. The maximum Gasteiger partial charge on any atom is 0.276 e. The second-order valence-electron chi connectivity index (χ2n) is 4.76. The van der Waals surface area contributed by atoms with Crippen LogP contribution in [0.25, 0.3) is 0 Å². The molecule has 0 fully saturated rings. The SMILES string of the molecule is CCc1ccccc1OCC(=O)NNC(=O)c1ccc(Br)cc1. The van der Waals surface area contributed by atoms with Gasteiger partial charge in [-0.1, -0.05) is 41.1 Å². The van der Waals surface area contributed by atoms with Crippen molar-refractivity contribution in [2.24, 2.45) is 0 Å². The Bertz CT molecular complexity index is 686. The van der Waals surface area contributed by atoms with Crippen LogP contribution in [-0.2, 0) is 11.2 Å². The van der Waals surface area contributed by atoms with E-state index in [9.17, 15) is 9.59 Å². The minimum absolute atomic E-state index is 0.169. The molecule has 6 heteroatoms. The van der Waals surface area contributed by atoms with Crippen LogP contribution in [0.5, 0.6) is 5.75 Å². The predicted octanol–water partition coefficient (Wildman–Crippen LogP) is 2.85. The molecule has 2 amide bonds. The minimum atomic E-state index is -0.429. The van der Waals surface area contributed by atoms with E-state index in [1.807, 2.05) is 31.2 Å². The van der Waals surface area contributed by atoms with Crippen molar-refractivity contribution < 1.29 is 14.3 Å². The molecule has 0 spiro atoms. The second-order valence-corrected chi connectivity index (χ2v) is 5.67. The molecule has 0 bridgehead atoms. The summed E-state index contributed by atoms with van der Waals surface area (Å²) in [5, 5.41) is 0. The van der Waals surface area contributed by atoms with Gasteiger partial charge in [0.2, 0.25) is 0 Å². The Morgan fingerprint density at radius 3 is 2.43 bits per heavy atom. The highest BCUT2D eigenvalue weighted by atomic mass is 79.9. The fraction of sp³-hybridized carbons (Fsp3) is 0.176. The normalized spacial score (nSPS) is 10.0. The summed E-state index contributed by atoms with van der Waals surface area (Å²) in [5.41, 5.74) is 6.15. The molecule has 0 heterocycles. The van der Waals surface area contributed by atoms with Gasteiger partial charge in [0, 0.05) is 10.0 Å². The zero-order valence-corrected chi connectivity index (χ0v) is 14.2. The van der Waals surface area contributed by atoms with Crippen molar-refractivity contribution in [1.82, 2.24) is 10.9 Å². The molecule has 2 aromatic rings. The van der Waals surface area contributed by atoms with Crippen LogP contribution < -0.4 is 15.6 Å². The number of hydrogen-bond donors (Lipinski definition) is 2. The van der Waals surface area contributed by atoms with Crippen LogP contribution in [0.4, 0.5) is 0 Å². The molecule has 0 saturated carbocycles. The van der Waals surface area contributed by atoms with Gasteiger partial charge >= 0.3 is 0 Å². The number of benzene rings is 2. The molecular weight excluding hydrogens is 360 g/mol. The van der Waals surface area contributed by atoms with Gasteiger partial charge in [-0.25, -0.2) is 0 Å². The largest absolute Gasteiger partial charge is 0.483 e. The van der Waals surface area contributed by atoms with E-state index in [4.69, 9.17) is 4.74 Å². The molecule has 2 rings (SSSR count). The maximum atomic E-state index is 11.9. The summed E-state index contributed by atoms with van der Waals surface area (Å²) in [7, 11) is 0. The van der Waals surface area contributed by atoms with Gasteiger partial charge < -0.3 is 4.74 Å². The second kappa shape index (κ2) is 8.33. The smallest absolute Gasteiger partial charge is 0.276 e. The molecule has 0 aliphatic carbocycles. The number of carbonyl (C=O) groups excluding carboxylic acids is 2. The molecule has 0 radical (unpaired) electrons. The first-order valence-corrected chi connectivity index (χ1v) is 7.95. The monoisotopic (exact) mass is 376 g/mol. The Kier molecular flexibility index (Phi) is 6.17. The van der Waals surface area contributed by atoms with Crippen LogP contribution in [0.3, 0.4) is 0 Å². The standard InChI is InChI=1S/C17H17BrN2O3/c1-2-12-5-3-4-6-15(12)23-11-16(21)19-20-17(22)13-7-9-14(18)10-8-13/h3-10H,2,11H2,1H3,(H,19,21)(H,20,22). The van der Waals surface area contributed by atoms with Crippen molar-refractivity contribution in [3.63, 3.8) is 0 Å². The van der Waals surface area contributed by atoms with Gasteiger partial charge in [0.25, 0.3) is 11.8 Å². The third-order valence-corrected chi connectivity index (χ3v) is 3.66. The topological polar surface area (TPSA) is 67.4 Å². The Labute approximate surface area is 143 Å². The lowest BCUT2D eigenvalue weighted by Crippen LogP contribution is -2.43. The minimum Gasteiger partial charge on any atom is -0.483 e. The molecule has 2 aromatic carbocycles. The van der Waals surface area contributed by atoms with E-state index in [1.54, 1.807) is 24.3 Å². The lowest BCUT2D eigenvalue weighted by Gasteiger charge is -2.11. The van der Waals surface area contributed by atoms with Gasteiger partial charge in [0.1, 0.15) is 5.75 Å². The molecular formula is C17H17BrN2O3. The highest BCUT2D eigenvalue weighted by Crippen LogP contribution is 2.17. The van der Waals surface area contributed by atoms with E-state index < -0.39 is 5.91 Å². The number of ether oxygens (including phenoxy) is 1. The van der Waals surface area contributed by atoms with Crippen LogP contribution in [0.15, 0.2) is 53.0 Å². The number of hydrazine groups is 1. The molecule has 23 heavy (non-hydrogen) atoms. The van der Waals surface area contributed by atoms with Crippen molar-refractivity contribution >= 4 is 27.7 Å². The zero-order chi connectivity index (χ0) is 16.7. The van der Waals surface area contributed by atoms with Crippen molar-refractivity contribution in [2.75, 3.05) is 6.61 Å². The Balaban J connectivity index is 1.81. The predicted molar refractivity (Wildman–Crippen MR) is 91.1 cm³/mol. The van der Waals surface area contributed by atoms with Crippen LogP contribution in [0.2, 0.25) is 0 Å². The molecule has 0 atom stereocenters. The molecule has 0 unspecified atom stereocenters. The van der Waals surface area contributed by atoms with E-state index in [2.05, 4.69) is 26.8 Å². The van der Waals surface area contributed by atoms with E-state index in [0.717, 1.165) is 16.5 Å². The van der Waals surface area contributed by atoms with Crippen molar-refractivity contribution in [1.29, 1.82) is 0 Å². The number of hydrogen-bond acceptors (Lipinski definition) is 3. The first kappa shape index (κ1) is 17.0. The summed E-state index contributed by atoms with van der Waals surface area (Å²) in [6, 6.07) is 14.3. The summed E-state index contributed by atoms with van der Waals surface area (Å²) in [6.45, 7) is 1.85. The maximum absolute atomic E-state index is 11.9. The lowest BCUT2D eigenvalue weighted by molar-refractivity contribution is -0.123. The fourth-order valence-electron chi connectivity index (χ4n) is 1.92. The summed E-state index contributed by atoms with van der Waals surface area (Å²) in [5.74, 6) is -0.148. The van der Waals surface area contributed by atoms with E-state index in [1.165, 1.54) is 0 Å². The number of carbonyl (C=O) groups is 2. The molecule has 5 nitrogen and oxygen atoms in total. The Hall–Kier alpha value is -2.34. The van der Waals surface area contributed by atoms with Crippen LogP contribution in [-0.4, -0.2) is 18.4 Å². The quantitative estimate of drug-likeness (QED) is 0.788. The average Bonchev–Trinajstić information content (AvgIpc) is 2.58. The summed E-state index contributed by atoms with van der Waals surface area (Å²) in [6.07, 6.45) is 0.818. The molecule has 0 aromatic heterocycles. The summed E-state index contributed by atoms with van der Waals surface area (Å²) in [4.78, 5) is 23.6. The number of aryl methyl sites for hydroxylation is 1. The number of nitrogens with one attached hydrogen (secondary N) is 2. The van der Waals surface area contributed by atoms with E-state index in [-0.39, 0.29) is 12.5 Å². The van der Waals surface area contributed by atoms with Gasteiger partial charge in [-0.3, -0.25) is 20.4 Å². The van der Waals surface area contributed by atoms with E-state index in [0.29, 0.717) is 11.3 Å². The van der Waals surface area contributed by atoms with Crippen LogP contribution in [0, 0.1) is 0 Å². The van der Waals surface area contributed by atoms with Crippen LogP contribution in [0.1, 0.15) is 22.8 Å². The van der Waals surface area contributed by atoms with E-state index >= 15 is 0 Å². The fourth-order valence-corrected chi connectivity index (χ4v) is 2.18. The van der Waals surface area contributed by atoms with Gasteiger partial charge in [0.15, 0.2) is 6.61 Å². The number of para-hydroxylation sites is 1. The molecule has 120 valence electrons. The zero-order valence-electron chi connectivity index (χ0n) is 12.6. The highest BCUT2D eigenvalue weighted by molar-refractivity contribution is 9.10. The summed E-state index contributed by atoms with van der Waals surface area (Å²) < 4.78 is 6.35. The molecule has 0 aliphatic rings. The first-order valence-electron chi connectivity index (χ1n) is 7.15. The van der Waals surface area contributed by atoms with Crippen molar-refractivity contribution in [3.8, 4) is 5.75 Å². The lowest BCUT2D eigenvalue weighted by atomic mass is 10.1. The van der Waals surface area contributed by atoms with Gasteiger partial charge in [-0.2, -0.15) is 0 Å². The average molecular weight is 377 g/mol. The third kappa shape index (κ3) is 5.10. The third-order valence-electron chi connectivity index (χ3n) is 3.13. The number of amides is 2. The molecule has 0 saturated heterocycles. The van der Waals surface area contributed by atoms with Gasteiger partial charge in [-0.15, -0.1) is 0 Å². The van der Waals surface area contributed by atoms with Gasteiger partial charge in [0.05, 0.1) is 0 Å². The van der Waals surface area contributed by atoms with Gasteiger partial charge in [-0.05, 0) is 42.3 Å². The van der Waals surface area contributed by atoms with Crippen LogP contribution >= 0.6 is 15.9 Å². The highest BCUT2D eigenvalue weighted by Gasteiger charge is 2.08. The van der Waals surface area contributed by atoms with Crippen molar-refractivity contribution in [2.45, 2.75) is 13.3 Å². The number of halogens is 1. The number of rotatable bonds is 5. The summed E-state index contributed by atoms with van der Waals surface area (Å²) >= 11 is 3.29. The van der Waals surface area contributed by atoms with Crippen molar-refractivity contribution in [3.05, 3.63) is 64.1 Å². The molecule has 0 aliphatic heterocycles. The Morgan fingerprint density at radius 1 is 1.04 bits per heavy atom.